The maximum atomic E-state index is 12.2. The number of carbonyl (C=O) groups is 2. The van der Waals surface area contributed by atoms with Crippen LogP contribution >= 0.6 is 11.6 Å². The van der Waals surface area contributed by atoms with E-state index in [1.54, 1.807) is 56.6 Å². The SMILES string of the molecule is CCOc1c(Cl)cccc1NCC(=O)Nc1cccc(C(=O)N(C)C)c1. The summed E-state index contributed by atoms with van der Waals surface area (Å²) in [6.45, 7) is 2.37. The number of halogens is 1. The number of anilines is 2. The van der Waals surface area contributed by atoms with Crippen molar-refractivity contribution in [3.8, 4) is 5.75 Å². The molecule has 2 N–H and O–H groups in total. The summed E-state index contributed by atoms with van der Waals surface area (Å²) < 4.78 is 5.51. The molecular formula is C19H22ClN3O3. The molecule has 2 amide bonds. The number of nitrogens with one attached hydrogen (secondary N) is 2. The number of para-hydroxylation sites is 1. The van der Waals surface area contributed by atoms with Crippen molar-refractivity contribution in [1.82, 2.24) is 4.90 Å². The van der Waals surface area contributed by atoms with Crippen LogP contribution in [0.4, 0.5) is 11.4 Å². The number of amides is 2. The van der Waals surface area contributed by atoms with Gasteiger partial charge in [0.1, 0.15) is 0 Å². The molecule has 2 aromatic carbocycles. The van der Waals surface area contributed by atoms with Gasteiger partial charge in [-0.25, -0.2) is 0 Å². The Labute approximate surface area is 158 Å². The van der Waals surface area contributed by atoms with Crippen molar-refractivity contribution in [1.29, 1.82) is 0 Å². The Bertz CT molecular complexity index is 793. The van der Waals surface area contributed by atoms with Gasteiger partial charge in [0.05, 0.1) is 23.9 Å². The van der Waals surface area contributed by atoms with Crippen molar-refractivity contribution in [2.24, 2.45) is 0 Å². The monoisotopic (exact) mass is 375 g/mol. The Balaban J connectivity index is 2.01. The fourth-order valence-corrected chi connectivity index (χ4v) is 2.54. The Morgan fingerprint density at radius 3 is 2.58 bits per heavy atom. The lowest BCUT2D eigenvalue weighted by Gasteiger charge is -2.14. The van der Waals surface area contributed by atoms with Crippen LogP contribution in [-0.4, -0.2) is 44.0 Å². The molecule has 2 aromatic rings. The highest BCUT2D eigenvalue weighted by atomic mass is 35.5. The van der Waals surface area contributed by atoms with E-state index in [9.17, 15) is 9.59 Å². The second kappa shape index (κ2) is 9.10. The highest BCUT2D eigenvalue weighted by Crippen LogP contribution is 2.32. The van der Waals surface area contributed by atoms with Crippen LogP contribution in [-0.2, 0) is 4.79 Å². The molecule has 7 heteroatoms. The lowest BCUT2D eigenvalue weighted by molar-refractivity contribution is -0.114. The number of benzene rings is 2. The van der Waals surface area contributed by atoms with E-state index in [1.165, 1.54) is 4.90 Å². The molecule has 0 unspecified atom stereocenters. The summed E-state index contributed by atoms with van der Waals surface area (Å²) in [5, 5.41) is 6.26. The fraction of sp³-hybridized carbons (Fsp3) is 0.263. The largest absolute Gasteiger partial charge is 0.490 e. The van der Waals surface area contributed by atoms with E-state index in [0.29, 0.717) is 34.3 Å². The van der Waals surface area contributed by atoms with Gasteiger partial charge in [0.25, 0.3) is 5.91 Å². The minimum atomic E-state index is -0.248. The number of hydrogen-bond acceptors (Lipinski definition) is 4. The first-order valence-electron chi connectivity index (χ1n) is 8.19. The predicted molar refractivity (Wildman–Crippen MR) is 104 cm³/mol. The standard InChI is InChI=1S/C19H22ClN3O3/c1-4-26-18-15(20)9-6-10-16(18)21-12-17(24)22-14-8-5-7-13(11-14)19(25)23(2)3/h5-11,21H,4,12H2,1-3H3,(H,22,24). The summed E-state index contributed by atoms with van der Waals surface area (Å²) >= 11 is 6.12. The molecule has 26 heavy (non-hydrogen) atoms. The summed E-state index contributed by atoms with van der Waals surface area (Å²) in [5.74, 6) is 0.143. The number of carbonyl (C=O) groups excluding carboxylic acids is 2. The van der Waals surface area contributed by atoms with Crippen molar-refractivity contribution in [2.45, 2.75) is 6.92 Å². The van der Waals surface area contributed by atoms with Crippen LogP contribution < -0.4 is 15.4 Å². The summed E-state index contributed by atoms with van der Waals surface area (Å²) in [4.78, 5) is 25.7. The van der Waals surface area contributed by atoms with Crippen LogP contribution in [0.3, 0.4) is 0 Å². The van der Waals surface area contributed by atoms with E-state index in [0.717, 1.165) is 0 Å². The van der Waals surface area contributed by atoms with Gasteiger partial charge in [-0.05, 0) is 37.3 Å². The average Bonchev–Trinajstić information content (AvgIpc) is 2.62. The zero-order valence-corrected chi connectivity index (χ0v) is 15.8. The van der Waals surface area contributed by atoms with Crippen molar-refractivity contribution in [3.05, 3.63) is 53.1 Å². The molecule has 0 saturated carbocycles. The van der Waals surface area contributed by atoms with E-state index < -0.39 is 0 Å². The maximum absolute atomic E-state index is 12.2. The third-order valence-corrected chi connectivity index (χ3v) is 3.79. The van der Waals surface area contributed by atoms with Crippen LogP contribution in [0.15, 0.2) is 42.5 Å². The normalized spacial score (nSPS) is 10.2. The molecule has 0 fully saturated rings. The van der Waals surface area contributed by atoms with Crippen molar-refractivity contribution < 1.29 is 14.3 Å². The smallest absolute Gasteiger partial charge is 0.253 e. The first-order chi connectivity index (χ1) is 12.4. The van der Waals surface area contributed by atoms with Gasteiger partial charge in [0.15, 0.2) is 5.75 Å². The Kier molecular flexibility index (Phi) is 6.86. The first-order valence-corrected chi connectivity index (χ1v) is 8.57. The Morgan fingerprint density at radius 2 is 1.88 bits per heavy atom. The van der Waals surface area contributed by atoms with Crippen molar-refractivity contribution >= 4 is 34.8 Å². The van der Waals surface area contributed by atoms with Crippen LogP contribution in [0.1, 0.15) is 17.3 Å². The molecule has 0 aliphatic carbocycles. The first kappa shape index (κ1) is 19.6. The molecule has 2 rings (SSSR count). The Morgan fingerprint density at radius 1 is 1.15 bits per heavy atom. The van der Waals surface area contributed by atoms with Gasteiger partial charge < -0.3 is 20.3 Å². The van der Waals surface area contributed by atoms with Crippen LogP contribution in [0.2, 0.25) is 5.02 Å². The van der Waals surface area contributed by atoms with E-state index in [-0.39, 0.29) is 18.4 Å². The van der Waals surface area contributed by atoms with Gasteiger partial charge in [-0.3, -0.25) is 9.59 Å². The number of nitrogens with zero attached hydrogens (tertiary/aromatic N) is 1. The molecule has 0 aromatic heterocycles. The minimum Gasteiger partial charge on any atom is -0.490 e. The molecule has 0 saturated heterocycles. The van der Waals surface area contributed by atoms with Gasteiger partial charge >= 0.3 is 0 Å². The van der Waals surface area contributed by atoms with Crippen LogP contribution in [0.25, 0.3) is 0 Å². The van der Waals surface area contributed by atoms with E-state index in [2.05, 4.69) is 10.6 Å². The maximum Gasteiger partial charge on any atom is 0.253 e. The summed E-state index contributed by atoms with van der Waals surface area (Å²) in [7, 11) is 3.36. The molecule has 0 radical (unpaired) electrons. The molecule has 6 nitrogen and oxygen atoms in total. The van der Waals surface area contributed by atoms with E-state index in [4.69, 9.17) is 16.3 Å². The van der Waals surface area contributed by atoms with Crippen LogP contribution in [0.5, 0.6) is 5.75 Å². The highest BCUT2D eigenvalue weighted by molar-refractivity contribution is 6.32. The Hall–Kier alpha value is -2.73. The van der Waals surface area contributed by atoms with Gasteiger partial charge in [-0.2, -0.15) is 0 Å². The summed E-state index contributed by atoms with van der Waals surface area (Å²) in [6, 6.07) is 12.1. The summed E-state index contributed by atoms with van der Waals surface area (Å²) in [6.07, 6.45) is 0. The number of rotatable bonds is 7. The lowest BCUT2D eigenvalue weighted by Crippen LogP contribution is -2.23. The molecule has 0 atom stereocenters. The van der Waals surface area contributed by atoms with Gasteiger partial charge in [0, 0.05) is 25.3 Å². The lowest BCUT2D eigenvalue weighted by atomic mass is 10.2. The van der Waals surface area contributed by atoms with Crippen molar-refractivity contribution in [2.75, 3.05) is 37.9 Å². The number of ether oxygens (including phenoxy) is 1. The zero-order valence-electron chi connectivity index (χ0n) is 15.0. The fourth-order valence-electron chi connectivity index (χ4n) is 2.31. The van der Waals surface area contributed by atoms with Gasteiger partial charge in [-0.1, -0.05) is 23.7 Å². The quantitative estimate of drug-likeness (QED) is 0.777. The highest BCUT2D eigenvalue weighted by Gasteiger charge is 2.11. The second-order valence-electron chi connectivity index (χ2n) is 5.73. The van der Waals surface area contributed by atoms with E-state index in [1.807, 2.05) is 6.92 Å². The molecule has 0 heterocycles. The van der Waals surface area contributed by atoms with Crippen LogP contribution in [0, 0.1) is 0 Å². The van der Waals surface area contributed by atoms with Gasteiger partial charge in [-0.15, -0.1) is 0 Å². The predicted octanol–water partition coefficient (Wildman–Crippen LogP) is 3.49. The molecular weight excluding hydrogens is 354 g/mol. The second-order valence-corrected chi connectivity index (χ2v) is 6.14. The van der Waals surface area contributed by atoms with Gasteiger partial charge in [0.2, 0.25) is 5.91 Å². The third kappa shape index (κ3) is 5.13. The average molecular weight is 376 g/mol. The zero-order chi connectivity index (χ0) is 19.1. The topological polar surface area (TPSA) is 70.7 Å². The number of hydrogen-bond donors (Lipinski definition) is 2. The molecule has 0 aliphatic heterocycles. The van der Waals surface area contributed by atoms with E-state index >= 15 is 0 Å². The third-order valence-electron chi connectivity index (χ3n) is 3.49. The molecule has 138 valence electrons. The van der Waals surface area contributed by atoms with Crippen molar-refractivity contribution in [3.63, 3.8) is 0 Å². The molecule has 0 aliphatic rings. The minimum absolute atomic E-state index is 0.0340. The molecule has 0 bridgehead atoms. The molecule has 0 spiro atoms. The summed E-state index contributed by atoms with van der Waals surface area (Å²) in [5.41, 5.74) is 1.71.